The summed E-state index contributed by atoms with van der Waals surface area (Å²) >= 11 is 0. The Hall–Kier alpha value is -2.60. The van der Waals surface area contributed by atoms with Crippen molar-refractivity contribution in [3.05, 3.63) is 59.4 Å². The number of benzene rings is 1. The van der Waals surface area contributed by atoms with Crippen LogP contribution in [0.5, 0.6) is 0 Å². The molecule has 2 atom stereocenters. The van der Waals surface area contributed by atoms with E-state index in [0.29, 0.717) is 5.82 Å². The van der Waals surface area contributed by atoms with Gasteiger partial charge in [0.05, 0.1) is 17.3 Å². The molecule has 0 aliphatic heterocycles. The number of nitrogens with zero attached hydrogens (tertiary/aromatic N) is 5. The van der Waals surface area contributed by atoms with E-state index in [1.54, 1.807) is 7.11 Å². The molecule has 0 amide bonds. The molecule has 0 aliphatic rings. The van der Waals surface area contributed by atoms with E-state index in [9.17, 15) is 0 Å². The lowest BCUT2D eigenvalue weighted by Gasteiger charge is -2.16. The van der Waals surface area contributed by atoms with Crippen molar-refractivity contribution in [3.8, 4) is 11.4 Å². The molecule has 0 fully saturated rings. The van der Waals surface area contributed by atoms with Crippen molar-refractivity contribution in [1.29, 1.82) is 0 Å². The molecule has 0 spiro atoms. The molecule has 2 unspecified atom stereocenters. The van der Waals surface area contributed by atoms with Crippen molar-refractivity contribution in [1.82, 2.24) is 24.7 Å². The Kier molecular flexibility index (Phi) is 5.42. The highest BCUT2D eigenvalue weighted by molar-refractivity contribution is 5.58. The zero-order valence-corrected chi connectivity index (χ0v) is 16.0. The summed E-state index contributed by atoms with van der Waals surface area (Å²) in [7, 11) is 1.66. The van der Waals surface area contributed by atoms with E-state index in [4.69, 9.17) is 14.8 Å². The van der Waals surface area contributed by atoms with Gasteiger partial charge in [0.1, 0.15) is 11.9 Å². The first-order valence-electron chi connectivity index (χ1n) is 8.92. The molecule has 6 heteroatoms. The summed E-state index contributed by atoms with van der Waals surface area (Å²) < 4.78 is 7.38. The molecule has 3 aromatic rings. The third kappa shape index (κ3) is 3.51. The number of methoxy groups -OCH3 is 1. The van der Waals surface area contributed by atoms with E-state index < -0.39 is 0 Å². The Morgan fingerprint density at radius 3 is 2.50 bits per heavy atom. The van der Waals surface area contributed by atoms with Gasteiger partial charge in [-0.15, -0.1) is 0 Å². The van der Waals surface area contributed by atoms with E-state index in [-0.39, 0.29) is 12.1 Å². The van der Waals surface area contributed by atoms with Crippen molar-refractivity contribution in [2.45, 2.75) is 46.3 Å². The molecule has 136 valence electrons. The lowest BCUT2D eigenvalue weighted by atomic mass is 10.1. The normalized spacial score (nSPS) is 13.6. The van der Waals surface area contributed by atoms with Gasteiger partial charge in [0.25, 0.3) is 0 Å². The van der Waals surface area contributed by atoms with E-state index in [0.717, 1.165) is 29.3 Å². The topological polar surface area (TPSA) is 65.7 Å². The fourth-order valence-corrected chi connectivity index (χ4v) is 2.92. The van der Waals surface area contributed by atoms with Gasteiger partial charge in [0.2, 0.25) is 0 Å². The van der Waals surface area contributed by atoms with Crippen LogP contribution < -0.4 is 0 Å². The SMILES string of the molecule is CCc1nc(C)ncc1-c1nc(C(C)OC)nn1C(C)c1ccccc1. The standard InChI is InChI=1S/C20H25N5O/c1-6-18-17(12-21-15(4)22-18)20-23-19(14(3)26-5)24-25(20)13(2)16-10-8-7-9-11-16/h7-14H,6H2,1-5H3. The molecule has 26 heavy (non-hydrogen) atoms. The number of rotatable bonds is 6. The van der Waals surface area contributed by atoms with Gasteiger partial charge in [-0.1, -0.05) is 37.3 Å². The molecular weight excluding hydrogens is 326 g/mol. The van der Waals surface area contributed by atoms with Crippen LogP contribution in [0.1, 0.15) is 55.8 Å². The van der Waals surface area contributed by atoms with Crippen LogP contribution in [0.4, 0.5) is 0 Å². The van der Waals surface area contributed by atoms with Crippen LogP contribution in [-0.2, 0) is 11.2 Å². The van der Waals surface area contributed by atoms with Crippen molar-refractivity contribution in [2.75, 3.05) is 7.11 Å². The fourth-order valence-electron chi connectivity index (χ4n) is 2.92. The second-order valence-corrected chi connectivity index (χ2v) is 6.33. The third-order valence-corrected chi connectivity index (χ3v) is 4.58. The number of aryl methyl sites for hydroxylation is 2. The number of ether oxygens (including phenoxy) is 1. The Labute approximate surface area is 154 Å². The molecule has 2 aromatic heterocycles. The van der Waals surface area contributed by atoms with E-state index >= 15 is 0 Å². The van der Waals surface area contributed by atoms with Crippen molar-refractivity contribution in [2.24, 2.45) is 0 Å². The predicted molar refractivity (Wildman–Crippen MR) is 101 cm³/mol. The van der Waals surface area contributed by atoms with Crippen LogP contribution in [0, 0.1) is 6.92 Å². The summed E-state index contributed by atoms with van der Waals surface area (Å²) in [5.74, 6) is 2.20. The minimum Gasteiger partial charge on any atom is -0.374 e. The molecule has 0 bridgehead atoms. The van der Waals surface area contributed by atoms with Gasteiger partial charge in [-0.25, -0.2) is 19.6 Å². The fraction of sp³-hybridized carbons (Fsp3) is 0.400. The van der Waals surface area contributed by atoms with E-state index in [2.05, 4.69) is 35.9 Å². The van der Waals surface area contributed by atoms with Crippen molar-refractivity contribution < 1.29 is 4.74 Å². The summed E-state index contributed by atoms with van der Waals surface area (Å²) in [6.45, 7) is 8.06. The van der Waals surface area contributed by atoms with Crippen LogP contribution in [0.25, 0.3) is 11.4 Å². The second kappa shape index (κ2) is 7.74. The summed E-state index contributed by atoms with van der Waals surface area (Å²) in [5, 5.41) is 4.76. The van der Waals surface area contributed by atoms with Gasteiger partial charge >= 0.3 is 0 Å². The van der Waals surface area contributed by atoms with Crippen LogP contribution in [0.3, 0.4) is 0 Å². The average molecular weight is 351 g/mol. The van der Waals surface area contributed by atoms with Crippen LogP contribution in [0.15, 0.2) is 36.5 Å². The molecule has 0 saturated heterocycles. The van der Waals surface area contributed by atoms with Crippen molar-refractivity contribution in [3.63, 3.8) is 0 Å². The summed E-state index contributed by atoms with van der Waals surface area (Å²) in [5.41, 5.74) is 3.06. The maximum Gasteiger partial charge on any atom is 0.179 e. The Bertz CT molecular complexity index is 875. The lowest BCUT2D eigenvalue weighted by Crippen LogP contribution is -2.12. The Morgan fingerprint density at radius 2 is 1.85 bits per heavy atom. The number of hydrogen-bond acceptors (Lipinski definition) is 5. The molecule has 2 heterocycles. The lowest BCUT2D eigenvalue weighted by molar-refractivity contribution is 0.112. The molecule has 0 N–H and O–H groups in total. The molecule has 0 aliphatic carbocycles. The molecule has 6 nitrogen and oxygen atoms in total. The smallest absolute Gasteiger partial charge is 0.179 e. The van der Waals surface area contributed by atoms with Gasteiger partial charge in [-0.2, -0.15) is 5.10 Å². The number of aromatic nitrogens is 5. The highest BCUT2D eigenvalue weighted by Gasteiger charge is 2.23. The monoisotopic (exact) mass is 351 g/mol. The first kappa shape index (κ1) is 18.2. The maximum absolute atomic E-state index is 5.43. The molecule has 0 radical (unpaired) electrons. The van der Waals surface area contributed by atoms with Gasteiger partial charge in [0.15, 0.2) is 11.6 Å². The maximum atomic E-state index is 5.43. The highest BCUT2D eigenvalue weighted by atomic mass is 16.5. The quantitative estimate of drug-likeness (QED) is 0.673. The summed E-state index contributed by atoms with van der Waals surface area (Å²) in [6, 6.07) is 10.3. The summed E-state index contributed by atoms with van der Waals surface area (Å²) in [6.07, 6.45) is 2.47. The van der Waals surface area contributed by atoms with Crippen molar-refractivity contribution >= 4 is 0 Å². The van der Waals surface area contributed by atoms with Gasteiger partial charge in [-0.3, -0.25) is 0 Å². The zero-order chi connectivity index (χ0) is 18.7. The third-order valence-electron chi connectivity index (χ3n) is 4.58. The zero-order valence-electron chi connectivity index (χ0n) is 16.0. The first-order chi connectivity index (χ1) is 12.5. The van der Waals surface area contributed by atoms with Crippen LogP contribution in [0.2, 0.25) is 0 Å². The van der Waals surface area contributed by atoms with Crippen LogP contribution in [-0.4, -0.2) is 31.8 Å². The van der Waals surface area contributed by atoms with E-state index in [1.807, 2.05) is 42.9 Å². The minimum atomic E-state index is -0.186. The van der Waals surface area contributed by atoms with Gasteiger partial charge in [0, 0.05) is 13.3 Å². The molecule has 0 saturated carbocycles. The molecular formula is C20H25N5O. The number of hydrogen-bond donors (Lipinski definition) is 0. The van der Waals surface area contributed by atoms with Crippen LogP contribution >= 0.6 is 0 Å². The highest BCUT2D eigenvalue weighted by Crippen LogP contribution is 2.28. The average Bonchev–Trinajstić information content (AvgIpc) is 3.12. The van der Waals surface area contributed by atoms with E-state index in [1.165, 1.54) is 5.56 Å². The minimum absolute atomic E-state index is 0.0301. The predicted octanol–water partition coefficient (Wildman–Crippen LogP) is 3.92. The first-order valence-corrected chi connectivity index (χ1v) is 8.92. The largest absolute Gasteiger partial charge is 0.374 e. The molecule has 3 rings (SSSR count). The van der Waals surface area contributed by atoms with Gasteiger partial charge in [-0.05, 0) is 32.8 Å². The Balaban J connectivity index is 2.16. The second-order valence-electron chi connectivity index (χ2n) is 6.33. The summed E-state index contributed by atoms with van der Waals surface area (Å²) in [4.78, 5) is 13.8. The van der Waals surface area contributed by atoms with Gasteiger partial charge < -0.3 is 4.74 Å². The Morgan fingerprint density at radius 1 is 1.12 bits per heavy atom. The molecule has 1 aromatic carbocycles.